The van der Waals surface area contributed by atoms with Crippen molar-refractivity contribution in [3.05, 3.63) is 59.7 Å². The minimum Gasteiger partial charge on any atom is -0.497 e. The molecule has 12 nitrogen and oxygen atoms in total. The maximum Gasteiger partial charge on any atom is 0.534 e. The topological polar surface area (TPSA) is 132 Å². The van der Waals surface area contributed by atoms with Gasteiger partial charge in [-0.15, -0.1) is 0 Å². The number of amides is 1. The van der Waals surface area contributed by atoms with Crippen molar-refractivity contribution >= 4 is 26.4 Å². The second-order valence-corrected chi connectivity index (χ2v) is 17.3. The predicted molar refractivity (Wildman–Crippen MR) is 179 cm³/mol. The number of carbonyl (C=O) groups is 1. The number of rotatable bonds is 12. The molecule has 1 amide bonds. The van der Waals surface area contributed by atoms with Crippen molar-refractivity contribution in [3.8, 4) is 11.5 Å². The van der Waals surface area contributed by atoms with Gasteiger partial charge in [-0.25, -0.2) is 4.79 Å². The first-order chi connectivity index (χ1) is 23.2. The number of carbonyl (C=O) groups excluding carboxylic acids is 1. The quantitative estimate of drug-likeness (QED) is 0.200. The van der Waals surface area contributed by atoms with Gasteiger partial charge in [-0.1, -0.05) is 24.3 Å². The number of alkyl halides is 3. The average Bonchev–Trinajstić information content (AvgIpc) is 3.45. The SMILES string of the molecule is COc1ccc(CN([C@H]2CCN(C(=O)OC(C)(C)C)C2COC2CCC(c3cccc(OS(=O)(=O)C(F)(F)F)c3)CC2)S(=O)(=O)N(C)C)cc1. The number of nitrogens with zero attached hydrogens (tertiary/aromatic N) is 3. The second-order valence-electron chi connectivity index (χ2n) is 13.6. The standard InChI is InChI=1S/C33H46F3N3O9S2/c1-32(2,3)47-31(40)38-19-18-29(39(50(43,44)37(4)5)21-23-10-14-26(45-6)15-11-23)30(38)22-46-27-16-12-24(13-17-27)25-8-7-9-28(20-25)48-49(41,42)33(34,35)36/h7-11,14-15,20,24,27,29-30H,12-13,16-19,21-22H2,1-6H3/t24?,27?,29-,30?/m0/s1. The molecule has 1 aliphatic carbocycles. The molecule has 2 aliphatic rings. The van der Waals surface area contributed by atoms with Crippen molar-refractivity contribution in [1.82, 2.24) is 13.5 Å². The molecule has 17 heteroatoms. The number of hydrogen-bond donors (Lipinski definition) is 0. The summed E-state index contributed by atoms with van der Waals surface area (Å²) < 4.78 is 113. The lowest BCUT2D eigenvalue weighted by atomic mass is 9.82. The molecule has 0 N–H and O–H groups in total. The van der Waals surface area contributed by atoms with Crippen molar-refractivity contribution < 1.29 is 53.2 Å². The molecule has 2 atom stereocenters. The Hall–Kier alpha value is -3.12. The van der Waals surface area contributed by atoms with E-state index in [9.17, 15) is 34.8 Å². The summed E-state index contributed by atoms with van der Waals surface area (Å²) in [6.07, 6.45) is 1.90. The van der Waals surface area contributed by atoms with Crippen LogP contribution in [0.1, 0.15) is 69.9 Å². The number of hydrogen-bond acceptors (Lipinski definition) is 9. The predicted octanol–water partition coefficient (Wildman–Crippen LogP) is 5.65. The van der Waals surface area contributed by atoms with E-state index in [0.717, 1.165) is 15.9 Å². The van der Waals surface area contributed by atoms with Crippen LogP contribution >= 0.6 is 0 Å². The lowest BCUT2D eigenvalue weighted by Crippen LogP contribution is -2.54. The minimum absolute atomic E-state index is 0.0416. The minimum atomic E-state index is -5.79. The molecule has 280 valence electrons. The molecule has 1 heterocycles. The van der Waals surface area contributed by atoms with Crippen LogP contribution in [-0.4, -0.2) is 100 Å². The highest BCUT2D eigenvalue weighted by molar-refractivity contribution is 7.88. The summed E-state index contributed by atoms with van der Waals surface area (Å²) in [5.74, 6) is 0.137. The zero-order valence-corrected chi connectivity index (χ0v) is 30.7. The molecule has 0 aromatic heterocycles. The zero-order chi connectivity index (χ0) is 37.1. The largest absolute Gasteiger partial charge is 0.534 e. The van der Waals surface area contributed by atoms with Gasteiger partial charge in [0, 0.05) is 27.2 Å². The van der Waals surface area contributed by atoms with E-state index >= 15 is 0 Å². The van der Waals surface area contributed by atoms with Crippen LogP contribution < -0.4 is 8.92 Å². The maximum atomic E-state index is 13.8. The Balaban J connectivity index is 1.50. The van der Waals surface area contributed by atoms with E-state index in [4.69, 9.17) is 14.2 Å². The fourth-order valence-corrected chi connectivity index (χ4v) is 7.98. The summed E-state index contributed by atoms with van der Waals surface area (Å²) in [6.45, 7) is 5.61. The first kappa shape index (κ1) is 39.7. The number of benzene rings is 2. The van der Waals surface area contributed by atoms with Crippen LogP contribution in [0, 0.1) is 0 Å². The number of likely N-dealkylation sites (tertiary alicyclic amines) is 1. The van der Waals surface area contributed by atoms with Crippen LogP contribution in [0.3, 0.4) is 0 Å². The Morgan fingerprint density at radius 3 is 2.12 bits per heavy atom. The summed E-state index contributed by atoms with van der Waals surface area (Å²) in [5, 5.41) is 0. The van der Waals surface area contributed by atoms with Crippen LogP contribution in [-0.2, 0) is 36.3 Å². The smallest absolute Gasteiger partial charge is 0.497 e. The van der Waals surface area contributed by atoms with E-state index in [1.165, 1.54) is 35.4 Å². The Morgan fingerprint density at radius 1 is 0.920 bits per heavy atom. The number of halogens is 3. The molecule has 1 unspecified atom stereocenters. The van der Waals surface area contributed by atoms with Gasteiger partial charge in [0.15, 0.2) is 0 Å². The molecule has 1 saturated carbocycles. The molecule has 4 rings (SSSR count). The van der Waals surface area contributed by atoms with Gasteiger partial charge in [-0.3, -0.25) is 0 Å². The number of methoxy groups -OCH3 is 1. The molecule has 0 spiro atoms. The Morgan fingerprint density at radius 2 is 1.56 bits per heavy atom. The Kier molecular flexibility index (Phi) is 12.4. The molecule has 1 aliphatic heterocycles. The Labute approximate surface area is 292 Å². The first-order valence-corrected chi connectivity index (χ1v) is 19.1. The van der Waals surface area contributed by atoms with E-state index in [1.807, 2.05) is 0 Å². The summed E-state index contributed by atoms with van der Waals surface area (Å²) in [5.41, 5.74) is -4.95. The molecule has 2 aromatic carbocycles. The molecular formula is C33H46F3N3O9S2. The van der Waals surface area contributed by atoms with Crippen LogP contribution in [0.4, 0.5) is 18.0 Å². The third kappa shape index (κ3) is 9.80. The van der Waals surface area contributed by atoms with Gasteiger partial charge in [0.2, 0.25) is 0 Å². The van der Waals surface area contributed by atoms with Gasteiger partial charge in [-0.05, 0) is 94.2 Å². The number of ether oxygens (including phenoxy) is 3. The fourth-order valence-electron chi connectivity index (χ4n) is 6.20. The fraction of sp³-hybridized carbons (Fsp3) is 0.606. The highest BCUT2D eigenvalue weighted by Gasteiger charge is 2.49. The van der Waals surface area contributed by atoms with Crippen molar-refractivity contribution in [2.75, 3.05) is 34.4 Å². The molecule has 2 fully saturated rings. The van der Waals surface area contributed by atoms with Gasteiger partial charge in [0.1, 0.15) is 17.1 Å². The van der Waals surface area contributed by atoms with Gasteiger partial charge in [-0.2, -0.15) is 38.6 Å². The normalized spacial score (nSPS) is 22.2. The van der Waals surface area contributed by atoms with Crippen LogP contribution in [0.5, 0.6) is 11.5 Å². The van der Waals surface area contributed by atoms with Crippen molar-refractivity contribution in [2.45, 2.75) is 94.6 Å². The Bertz CT molecular complexity index is 1670. The summed E-state index contributed by atoms with van der Waals surface area (Å²) in [4.78, 5) is 15.0. The summed E-state index contributed by atoms with van der Waals surface area (Å²) in [6, 6.07) is 11.4. The van der Waals surface area contributed by atoms with Crippen molar-refractivity contribution in [3.63, 3.8) is 0 Å². The van der Waals surface area contributed by atoms with Gasteiger partial charge < -0.3 is 23.3 Å². The molecule has 1 saturated heterocycles. The van der Waals surface area contributed by atoms with Gasteiger partial charge >= 0.3 is 21.7 Å². The maximum absolute atomic E-state index is 13.8. The highest BCUT2D eigenvalue weighted by Crippen LogP contribution is 2.37. The van der Waals surface area contributed by atoms with Crippen molar-refractivity contribution in [1.29, 1.82) is 0 Å². The van der Waals surface area contributed by atoms with Gasteiger partial charge in [0.05, 0.1) is 31.9 Å². The third-order valence-electron chi connectivity index (χ3n) is 8.76. The molecule has 0 radical (unpaired) electrons. The molecule has 2 aromatic rings. The third-order valence-corrected chi connectivity index (χ3v) is 11.7. The molecule has 0 bridgehead atoms. The summed E-state index contributed by atoms with van der Waals surface area (Å²) in [7, 11) is -5.31. The van der Waals surface area contributed by atoms with Crippen LogP contribution in [0.25, 0.3) is 0 Å². The summed E-state index contributed by atoms with van der Waals surface area (Å²) >= 11 is 0. The van der Waals surface area contributed by atoms with Gasteiger partial charge in [0.25, 0.3) is 10.2 Å². The first-order valence-electron chi connectivity index (χ1n) is 16.3. The average molecular weight is 750 g/mol. The van der Waals surface area contributed by atoms with E-state index < -0.39 is 55.4 Å². The zero-order valence-electron chi connectivity index (χ0n) is 29.1. The van der Waals surface area contributed by atoms with Crippen LogP contribution in [0.15, 0.2) is 48.5 Å². The van der Waals surface area contributed by atoms with Crippen LogP contribution in [0.2, 0.25) is 0 Å². The lowest BCUT2D eigenvalue weighted by molar-refractivity contribution is -0.0500. The second kappa shape index (κ2) is 15.6. The van der Waals surface area contributed by atoms with E-state index in [1.54, 1.807) is 58.2 Å². The van der Waals surface area contributed by atoms with E-state index in [-0.39, 0.29) is 31.7 Å². The van der Waals surface area contributed by atoms with E-state index in [2.05, 4.69) is 4.18 Å². The highest BCUT2D eigenvalue weighted by atomic mass is 32.2. The monoisotopic (exact) mass is 749 g/mol. The lowest BCUT2D eigenvalue weighted by Gasteiger charge is -2.37. The molecule has 50 heavy (non-hydrogen) atoms. The van der Waals surface area contributed by atoms with Crippen molar-refractivity contribution in [2.24, 2.45) is 0 Å². The molecular weight excluding hydrogens is 704 g/mol. The van der Waals surface area contributed by atoms with E-state index in [0.29, 0.717) is 43.4 Å².